The van der Waals surface area contributed by atoms with Crippen molar-refractivity contribution in [3.05, 3.63) is 0 Å². The molecule has 0 aromatic rings. The van der Waals surface area contributed by atoms with Crippen LogP contribution in [0.15, 0.2) is 0 Å². The summed E-state index contributed by atoms with van der Waals surface area (Å²) >= 11 is 0. The molecule has 90 valence electrons. The van der Waals surface area contributed by atoms with E-state index in [9.17, 15) is 0 Å². The normalized spacial score (nSPS) is 25.4. The lowest BCUT2D eigenvalue weighted by atomic mass is 9.92. The molecule has 1 aliphatic rings. The molecule has 2 N–H and O–H groups in total. The summed E-state index contributed by atoms with van der Waals surface area (Å²) in [5.41, 5.74) is 5.98. The van der Waals surface area contributed by atoms with Gasteiger partial charge in [0.25, 0.3) is 0 Å². The Bertz CT molecular complexity index is 157. The highest BCUT2D eigenvalue weighted by Crippen LogP contribution is 2.19. The van der Waals surface area contributed by atoms with Crippen LogP contribution >= 0.6 is 0 Å². The first-order valence-corrected chi connectivity index (χ1v) is 6.72. The van der Waals surface area contributed by atoms with Crippen molar-refractivity contribution in [2.45, 2.75) is 58.4 Å². The van der Waals surface area contributed by atoms with Gasteiger partial charge in [-0.2, -0.15) is 0 Å². The summed E-state index contributed by atoms with van der Waals surface area (Å²) < 4.78 is 0. The van der Waals surface area contributed by atoms with Gasteiger partial charge in [-0.05, 0) is 45.2 Å². The van der Waals surface area contributed by atoms with Crippen molar-refractivity contribution in [2.75, 3.05) is 19.6 Å². The van der Waals surface area contributed by atoms with Crippen LogP contribution < -0.4 is 5.73 Å². The molecule has 1 rings (SSSR count). The van der Waals surface area contributed by atoms with Crippen LogP contribution in [-0.4, -0.2) is 30.6 Å². The Morgan fingerprint density at radius 1 is 1.33 bits per heavy atom. The van der Waals surface area contributed by atoms with Crippen molar-refractivity contribution in [3.63, 3.8) is 0 Å². The second-order valence-corrected chi connectivity index (χ2v) is 5.12. The highest BCUT2D eigenvalue weighted by Gasteiger charge is 2.21. The van der Waals surface area contributed by atoms with Crippen LogP contribution in [0.3, 0.4) is 0 Å². The van der Waals surface area contributed by atoms with E-state index >= 15 is 0 Å². The molecule has 0 aromatic carbocycles. The minimum Gasteiger partial charge on any atom is -0.328 e. The van der Waals surface area contributed by atoms with Crippen LogP contribution in [0.1, 0.15) is 52.4 Å². The van der Waals surface area contributed by atoms with Gasteiger partial charge in [-0.25, -0.2) is 0 Å². The molecule has 15 heavy (non-hydrogen) atoms. The summed E-state index contributed by atoms with van der Waals surface area (Å²) in [5.74, 6) is 0.741. The average Bonchev–Trinajstić information content (AvgIpc) is 2.25. The second-order valence-electron chi connectivity index (χ2n) is 5.12. The van der Waals surface area contributed by atoms with Crippen LogP contribution in [0.4, 0.5) is 0 Å². The zero-order valence-electron chi connectivity index (χ0n) is 10.5. The molecule has 0 aromatic heterocycles. The first kappa shape index (κ1) is 13.0. The number of piperidine rings is 1. The van der Waals surface area contributed by atoms with Gasteiger partial charge in [0.2, 0.25) is 0 Å². The quantitative estimate of drug-likeness (QED) is 0.686. The monoisotopic (exact) mass is 212 g/mol. The van der Waals surface area contributed by atoms with Crippen LogP contribution in [0.5, 0.6) is 0 Å². The average molecular weight is 212 g/mol. The van der Waals surface area contributed by atoms with Crippen LogP contribution in [0, 0.1) is 5.92 Å². The summed E-state index contributed by atoms with van der Waals surface area (Å²) in [7, 11) is 0. The smallest absolute Gasteiger partial charge is 0.00509 e. The first-order chi connectivity index (χ1) is 7.24. The third-order valence-electron chi connectivity index (χ3n) is 3.61. The molecule has 2 unspecified atom stereocenters. The number of nitrogens with two attached hydrogens (primary N) is 1. The summed E-state index contributed by atoms with van der Waals surface area (Å²) in [6, 6.07) is 0.378. The molecule has 0 spiro atoms. The summed E-state index contributed by atoms with van der Waals surface area (Å²) in [5, 5.41) is 0. The Hall–Kier alpha value is -0.0800. The largest absolute Gasteiger partial charge is 0.328 e. The van der Waals surface area contributed by atoms with E-state index in [-0.39, 0.29) is 0 Å². The van der Waals surface area contributed by atoms with E-state index in [0.29, 0.717) is 6.04 Å². The van der Waals surface area contributed by atoms with Crippen molar-refractivity contribution in [1.82, 2.24) is 4.90 Å². The zero-order chi connectivity index (χ0) is 11.1. The van der Waals surface area contributed by atoms with E-state index in [1.807, 2.05) is 0 Å². The lowest BCUT2D eigenvalue weighted by Crippen LogP contribution is -2.42. The van der Waals surface area contributed by atoms with Gasteiger partial charge in [0.15, 0.2) is 0 Å². The summed E-state index contributed by atoms with van der Waals surface area (Å²) in [6.07, 6.45) is 8.19. The second kappa shape index (κ2) is 7.24. The predicted molar refractivity (Wildman–Crippen MR) is 67.0 cm³/mol. The maximum atomic E-state index is 5.98. The van der Waals surface area contributed by atoms with Gasteiger partial charge in [0, 0.05) is 12.6 Å². The number of nitrogens with zero attached hydrogens (tertiary/aromatic N) is 1. The van der Waals surface area contributed by atoms with Crippen molar-refractivity contribution in [2.24, 2.45) is 11.7 Å². The number of hydrogen-bond acceptors (Lipinski definition) is 2. The van der Waals surface area contributed by atoms with Gasteiger partial charge in [0.05, 0.1) is 0 Å². The van der Waals surface area contributed by atoms with Crippen molar-refractivity contribution in [1.29, 1.82) is 0 Å². The molecule has 2 heteroatoms. The summed E-state index contributed by atoms with van der Waals surface area (Å²) in [6.45, 7) is 8.26. The van der Waals surface area contributed by atoms with E-state index in [1.165, 1.54) is 58.2 Å². The van der Waals surface area contributed by atoms with Crippen LogP contribution in [-0.2, 0) is 0 Å². The fourth-order valence-corrected chi connectivity index (χ4v) is 2.49. The van der Waals surface area contributed by atoms with E-state index in [4.69, 9.17) is 5.73 Å². The molecule has 0 amide bonds. The highest BCUT2D eigenvalue weighted by molar-refractivity contribution is 4.78. The third-order valence-corrected chi connectivity index (χ3v) is 3.61. The molecule has 0 bridgehead atoms. The lowest BCUT2D eigenvalue weighted by Gasteiger charge is -2.34. The molecule has 1 fully saturated rings. The molecule has 1 heterocycles. The van der Waals surface area contributed by atoms with Crippen molar-refractivity contribution < 1.29 is 0 Å². The Balaban J connectivity index is 2.13. The van der Waals surface area contributed by atoms with Gasteiger partial charge in [-0.15, -0.1) is 0 Å². The molecule has 0 aliphatic carbocycles. The van der Waals surface area contributed by atoms with Crippen LogP contribution in [0.25, 0.3) is 0 Å². The fourth-order valence-electron chi connectivity index (χ4n) is 2.49. The first-order valence-electron chi connectivity index (χ1n) is 6.72. The Morgan fingerprint density at radius 2 is 2.13 bits per heavy atom. The Kier molecular flexibility index (Phi) is 6.26. The number of hydrogen-bond donors (Lipinski definition) is 1. The minimum absolute atomic E-state index is 0.378. The fraction of sp³-hybridized carbons (Fsp3) is 1.00. The molecule has 2 nitrogen and oxygen atoms in total. The van der Waals surface area contributed by atoms with Crippen molar-refractivity contribution >= 4 is 0 Å². The molecular formula is C13H28N2. The van der Waals surface area contributed by atoms with Crippen LogP contribution in [0.2, 0.25) is 0 Å². The molecule has 1 saturated heterocycles. The van der Waals surface area contributed by atoms with E-state index in [1.54, 1.807) is 0 Å². The van der Waals surface area contributed by atoms with Gasteiger partial charge in [0.1, 0.15) is 0 Å². The zero-order valence-corrected chi connectivity index (χ0v) is 10.5. The minimum atomic E-state index is 0.378. The molecule has 0 saturated carbocycles. The number of unbranched alkanes of at least 4 members (excludes halogenated alkanes) is 3. The molecule has 2 atom stereocenters. The number of rotatable bonds is 6. The molecule has 1 aliphatic heterocycles. The van der Waals surface area contributed by atoms with E-state index in [2.05, 4.69) is 18.7 Å². The SMILES string of the molecule is CCCCCCN1CCCC(C(C)N)C1. The number of likely N-dealkylation sites (tertiary alicyclic amines) is 1. The third kappa shape index (κ3) is 4.98. The predicted octanol–water partition coefficient (Wildman–Crippen LogP) is 2.63. The van der Waals surface area contributed by atoms with E-state index in [0.717, 1.165) is 5.92 Å². The van der Waals surface area contributed by atoms with Gasteiger partial charge < -0.3 is 10.6 Å². The highest BCUT2D eigenvalue weighted by atomic mass is 15.1. The van der Waals surface area contributed by atoms with E-state index < -0.39 is 0 Å². The standard InChI is InChI=1S/C13H28N2/c1-3-4-5-6-9-15-10-7-8-13(11-15)12(2)14/h12-13H,3-11,14H2,1-2H3. The van der Waals surface area contributed by atoms with Gasteiger partial charge >= 0.3 is 0 Å². The van der Waals surface area contributed by atoms with Gasteiger partial charge in [-0.1, -0.05) is 26.2 Å². The maximum Gasteiger partial charge on any atom is 0.00509 e. The van der Waals surface area contributed by atoms with Gasteiger partial charge in [-0.3, -0.25) is 0 Å². The topological polar surface area (TPSA) is 29.3 Å². The van der Waals surface area contributed by atoms with Crippen molar-refractivity contribution in [3.8, 4) is 0 Å². The maximum absolute atomic E-state index is 5.98. The lowest BCUT2D eigenvalue weighted by molar-refractivity contribution is 0.158. The molecular weight excluding hydrogens is 184 g/mol. The summed E-state index contributed by atoms with van der Waals surface area (Å²) in [4.78, 5) is 2.62. The molecule has 0 radical (unpaired) electrons. The Morgan fingerprint density at radius 3 is 2.80 bits per heavy atom. The Labute approximate surface area is 95.2 Å².